The SMILES string of the molecule is C=CCCC(C)C/C=C(\C)OC(=O)Cc1ccccc1. The molecule has 0 fully saturated rings. The lowest BCUT2D eigenvalue weighted by molar-refractivity contribution is -0.138. The standard InChI is InChI=1S/C18H24O2/c1-4-5-9-15(2)12-13-16(3)20-18(19)14-17-10-7-6-8-11-17/h4,6-8,10-11,13,15H,1,5,9,12,14H2,2-3H3/b16-13+. The van der Waals surface area contributed by atoms with E-state index in [1.165, 1.54) is 0 Å². The zero-order valence-corrected chi connectivity index (χ0v) is 12.5. The normalized spacial score (nSPS) is 12.8. The lowest BCUT2D eigenvalue weighted by Crippen LogP contribution is -2.06. The molecule has 0 aliphatic heterocycles. The molecule has 0 aliphatic carbocycles. The molecule has 108 valence electrons. The van der Waals surface area contributed by atoms with Crippen molar-refractivity contribution in [2.45, 2.75) is 39.5 Å². The van der Waals surface area contributed by atoms with Crippen molar-refractivity contribution < 1.29 is 9.53 Å². The molecule has 0 saturated heterocycles. The molecule has 0 saturated carbocycles. The van der Waals surface area contributed by atoms with Gasteiger partial charge in [0.2, 0.25) is 0 Å². The van der Waals surface area contributed by atoms with Gasteiger partial charge in [0.1, 0.15) is 5.76 Å². The Balaban J connectivity index is 2.35. The Morgan fingerprint density at radius 2 is 2.05 bits per heavy atom. The van der Waals surface area contributed by atoms with Crippen molar-refractivity contribution in [3.05, 3.63) is 60.4 Å². The highest BCUT2D eigenvalue weighted by atomic mass is 16.5. The Morgan fingerprint density at radius 3 is 2.70 bits per heavy atom. The van der Waals surface area contributed by atoms with Crippen LogP contribution in [0.25, 0.3) is 0 Å². The predicted molar refractivity (Wildman–Crippen MR) is 83.2 cm³/mol. The van der Waals surface area contributed by atoms with E-state index in [4.69, 9.17) is 4.74 Å². The highest BCUT2D eigenvalue weighted by molar-refractivity contribution is 5.73. The highest BCUT2D eigenvalue weighted by Crippen LogP contribution is 2.13. The van der Waals surface area contributed by atoms with Gasteiger partial charge in [-0.2, -0.15) is 0 Å². The summed E-state index contributed by atoms with van der Waals surface area (Å²) in [5.74, 6) is 1.07. The average Bonchev–Trinajstić information content (AvgIpc) is 2.43. The second-order valence-corrected chi connectivity index (χ2v) is 5.16. The Bertz CT molecular complexity index is 446. The van der Waals surface area contributed by atoms with Gasteiger partial charge >= 0.3 is 5.97 Å². The van der Waals surface area contributed by atoms with Crippen LogP contribution in [-0.2, 0) is 16.0 Å². The van der Waals surface area contributed by atoms with Gasteiger partial charge in [-0.3, -0.25) is 4.79 Å². The van der Waals surface area contributed by atoms with E-state index >= 15 is 0 Å². The fourth-order valence-electron chi connectivity index (χ4n) is 1.91. The van der Waals surface area contributed by atoms with Crippen LogP contribution in [0.2, 0.25) is 0 Å². The Kier molecular flexibility index (Phi) is 7.41. The minimum Gasteiger partial charge on any atom is -0.431 e. The Hall–Kier alpha value is -1.83. The molecule has 0 heterocycles. The van der Waals surface area contributed by atoms with Gasteiger partial charge in [-0.25, -0.2) is 0 Å². The molecule has 2 nitrogen and oxygen atoms in total. The van der Waals surface area contributed by atoms with Gasteiger partial charge in [0.05, 0.1) is 6.42 Å². The number of allylic oxidation sites excluding steroid dienone is 3. The Labute approximate surface area is 122 Å². The third-order valence-corrected chi connectivity index (χ3v) is 3.14. The molecule has 0 spiro atoms. The van der Waals surface area contributed by atoms with Gasteiger partial charge in [-0.05, 0) is 43.7 Å². The molecule has 0 aromatic heterocycles. The van der Waals surface area contributed by atoms with Crippen LogP contribution < -0.4 is 0 Å². The van der Waals surface area contributed by atoms with E-state index in [2.05, 4.69) is 13.5 Å². The van der Waals surface area contributed by atoms with Crippen LogP contribution in [0, 0.1) is 5.92 Å². The maximum atomic E-state index is 11.8. The average molecular weight is 272 g/mol. The molecule has 1 unspecified atom stereocenters. The first kappa shape index (κ1) is 16.2. The summed E-state index contributed by atoms with van der Waals surface area (Å²) in [5.41, 5.74) is 0.977. The largest absolute Gasteiger partial charge is 0.431 e. The zero-order chi connectivity index (χ0) is 14.8. The topological polar surface area (TPSA) is 26.3 Å². The molecular formula is C18H24O2. The summed E-state index contributed by atoms with van der Waals surface area (Å²) in [6, 6.07) is 9.64. The summed E-state index contributed by atoms with van der Waals surface area (Å²) in [7, 11) is 0. The van der Waals surface area contributed by atoms with Gasteiger partial charge in [0, 0.05) is 0 Å². The molecule has 0 N–H and O–H groups in total. The van der Waals surface area contributed by atoms with Crippen LogP contribution in [0.1, 0.15) is 38.7 Å². The first-order chi connectivity index (χ1) is 9.61. The van der Waals surface area contributed by atoms with Crippen molar-refractivity contribution >= 4 is 5.97 Å². The minimum absolute atomic E-state index is 0.205. The third-order valence-electron chi connectivity index (χ3n) is 3.14. The van der Waals surface area contributed by atoms with Crippen molar-refractivity contribution in [1.82, 2.24) is 0 Å². The molecule has 1 aromatic rings. The summed E-state index contributed by atoms with van der Waals surface area (Å²) in [5, 5.41) is 0. The van der Waals surface area contributed by atoms with Crippen molar-refractivity contribution in [3.8, 4) is 0 Å². The highest BCUT2D eigenvalue weighted by Gasteiger charge is 2.06. The molecule has 0 amide bonds. The molecule has 2 heteroatoms. The number of benzene rings is 1. The number of hydrogen-bond acceptors (Lipinski definition) is 2. The first-order valence-electron chi connectivity index (χ1n) is 7.14. The van der Waals surface area contributed by atoms with Crippen LogP contribution in [0.4, 0.5) is 0 Å². The fourth-order valence-corrected chi connectivity index (χ4v) is 1.91. The smallest absolute Gasteiger partial charge is 0.315 e. The number of rotatable bonds is 8. The first-order valence-corrected chi connectivity index (χ1v) is 7.14. The second kappa shape index (κ2) is 9.13. The van der Waals surface area contributed by atoms with Crippen molar-refractivity contribution in [2.24, 2.45) is 5.92 Å². The van der Waals surface area contributed by atoms with Crippen LogP contribution >= 0.6 is 0 Å². The molecule has 0 radical (unpaired) electrons. The maximum absolute atomic E-state index is 11.8. The number of carbonyl (C=O) groups excluding carboxylic acids is 1. The number of esters is 1. The Morgan fingerprint density at radius 1 is 1.35 bits per heavy atom. The molecule has 20 heavy (non-hydrogen) atoms. The number of ether oxygens (including phenoxy) is 1. The molecule has 0 bridgehead atoms. The van der Waals surface area contributed by atoms with Crippen LogP contribution in [-0.4, -0.2) is 5.97 Å². The molecule has 0 aliphatic rings. The summed E-state index contributed by atoms with van der Waals surface area (Å²) in [6.45, 7) is 7.75. The van der Waals surface area contributed by atoms with Gasteiger partial charge in [0.25, 0.3) is 0 Å². The number of carbonyl (C=O) groups is 1. The van der Waals surface area contributed by atoms with E-state index < -0.39 is 0 Å². The van der Waals surface area contributed by atoms with Gasteiger partial charge < -0.3 is 4.74 Å². The lowest BCUT2D eigenvalue weighted by Gasteiger charge is -2.08. The second-order valence-electron chi connectivity index (χ2n) is 5.16. The van der Waals surface area contributed by atoms with E-state index in [1.54, 1.807) is 0 Å². The van der Waals surface area contributed by atoms with E-state index in [0.29, 0.717) is 18.1 Å². The lowest BCUT2D eigenvalue weighted by atomic mass is 10.0. The van der Waals surface area contributed by atoms with E-state index in [0.717, 1.165) is 24.8 Å². The molecule has 1 rings (SSSR count). The zero-order valence-electron chi connectivity index (χ0n) is 12.5. The predicted octanol–water partition coefficient (Wildman–Crippen LogP) is 4.67. The van der Waals surface area contributed by atoms with E-state index in [9.17, 15) is 4.79 Å². The quantitative estimate of drug-likeness (QED) is 0.390. The van der Waals surface area contributed by atoms with Crippen molar-refractivity contribution in [1.29, 1.82) is 0 Å². The summed E-state index contributed by atoms with van der Waals surface area (Å²) < 4.78 is 5.31. The monoisotopic (exact) mass is 272 g/mol. The molecule has 1 atom stereocenters. The molecule has 1 aromatic carbocycles. The van der Waals surface area contributed by atoms with E-state index in [-0.39, 0.29) is 5.97 Å². The minimum atomic E-state index is -0.205. The van der Waals surface area contributed by atoms with Crippen LogP contribution in [0.15, 0.2) is 54.8 Å². The summed E-state index contributed by atoms with van der Waals surface area (Å²) in [4.78, 5) is 11.8. The number of hydrogen-bond donors (Lipinski definition) is 0. The summed E-state index contributed by atoms with van der Waals surface area (Å²) >= 11 is 0. The molecular weight excluding hydrogens is 248 g/mol. The maximum Gasteiger partial charge on any atom is 0.315 e. The fraction of sp³-hybridized carbons (Fsp3) is 0.389. The van der Waals surface area contributed by atoms with Crippen molar-refractivity contribution in [3.63, 3.8) is 0 Å². The summed E-state index contributed by atoms with van der Waals surface area (Å²) in [6.07, 6.45) is 7.33. The van der Waals surface area contributed by atoms with Crippen LogP contribution in [0.3, 0.4) is 0 Å². The van der Waals surface area contributed by atoms with Crippen LogP contribution in [0.5, 0.6) is 0 Å². The van der Waals surface area contributed by atoms with Crippen molar-refractivity contribution in [2.75, 3.05) is 0 Å². The van der Waals surface area contributed by atoms with E-state index in [1.807, 2.05) is 49.4 Å². The third kappa shape index (κ3) is 6.93. The van der Waals surface area contributed by atoms with Gasteiger partial charge in [0.15, 0.2) is 0 Å². The van der Waals surface area contributed by atoms with Gasteiger partial charge in [-0.15, -0.1) is 6.58 Å². The van der Waals surface area contributed by atoms with Gasteiger partial charge in [-0.1, -0.05) is 43.3 Å².